The molecule has 1 rings (SSSR count). The summed E-state index contributed by atoms with van der Waals surface area (Å²) in [6.07, 6.45) is 3.41. The van der Waals surface area contributed by atoms with Gasteiger partial charge in [-0.2, -0.15) is 10.2 Å². The molecular weight excluding hydrogens is 206 g/mol. The first kappa shape index (κ1) is 12.3. The van der Waals surface area contributed by atoms with Crippen molar-refractivity contribution in [1.82, 2.24) is 15.5 Å². The second kappa shape index (κ2) is 6.68. The Hall–Kier alpha value is -1.75. The van der Waals surface area contributed by atoms with Crippen LogP contribution in [-0.2, 0) is 16.1 Å². The number of esters is 1. The lowest BCUT2D eigenvalue weighted by molar-refractivity contribution is -0.136. The van der Waals surface area contributed by atoms with Gasteiger partial charge in [0.15, 0.2) is 0 Å². The number of hydrogen-bond acceptors (Lipinski definition) is 5. The Bertz CT molecular complexity index is 363. The molecular formula is C11H15N3O2. The van der Waals surface area contributed by atoms with Gasteiger partial charge in [0, 0.05) is 24.9 Å². The highest BCUT2D eigenvalue weighted by molar-refractivity contribution is 5.87. The molecule has 0 aromatic carbocycles. The largest absolute Gasteiger partial charge is 0.466 e. The van der Waals surface area contributed by atoms with Crippen molar-refractivity contribution in [3.05, 3.63) is 35.7 Å². The number of nitrogens with zero attached hydrogens (tertiary/aromatic N) is 2. The third kappa shape index (κ3) is 4.18. The summed E-state index contributed by atoms with van der Waals surface area (Å²) in [6.45, 7) is 2.94. The molecule has 0 spiro atoms. The number of carbonyl (C=O) groups is 1. The molecule has 0 aliphatic heterocycles. The van der Waals surface area contributed by atoms with Crippen LogP contribution < -0.4 is 5.32 Å². The Labute approximate surface area is 94.5 Å². The maximum absolute atomic E-state index is 11.0. The highest BCUT2D eigenvalue weighted by Gasteiger charge is 2.01. The smallest absolute Gasteiger partial charge is 0.333 e. The number of aromatic nitrogens is 2. The summed E-state index contributed by atoms with van der Waals surface area (Å²) in [5.41, 5.74) is 1.46. The Morgan fingerprint density at radius 1 is 1.62 bits per heavy atom. The van der Waals surface area contributed by atoms with Crippen molar-refractivity contribution in [2.24, 2.45) is 0 Å². The van der Waals surface area contributed by atoms with Crippen LogP contribution >= 0.6 is 0 Å². The third-order valence-electron chi connectivity index (χ3n) is 1.99. The maximum Gasteiger partial charge on any atom is 0.333 e. The monoisotopic (exact) mass is 221 g/mol. The van der Waals surface area contributed by atoms with Gasteiger partial charge in [-0.15, -0.1) is 0 Å². The molecule has 0 unspecified atom stereocenters. The number of carbonyl (C=O) groups excluding carboxylic acids is 1. The molecule has 5 heteroatoms. The van der Waals surface area contributed by atoms with Crippen LogP contribution in [0.4, 0.5) is 0 Å². The van der Waals surface area contributed by atoms with Crippen LogP contribution in [0.2, 0.25) is 0 Å². The standard InChI is InChI=1S/C11H15N3O2/c1-9(11(15)16-2)5-7-12-8-10-4-3-6-13-14-10/h3-6,12H,7-8H2,1-2H3/b9-5+. The lowest BCUT2D eigenvalue weighted by Gasteiger charge is -2.01. The van der Waals surface area contributed by atoms with Crippen molar-refractivity contribution in [1.29, 1.82) is 0 Å². The van der Waals surface area contributed by atoms with E-state index in [4.69, 9.17) is 0 Å². The minimum atomic E-state index is -0.304. The average molecular weight is 221 g/mol. The topological polar surface area (TPSA) is 64.1 Å². The van der Waals surface area contributed by atoms with Gasteiger partial charge in [0.2, 0.25) is 0 Å². The third-order valence-corrected chi connectivity index (χ3v) is 1.99. The van der Waals surface area contributed by atoms with Gasteiger partial charge in [-0.05, 0) is 19.1 Å². The zero-order valence-electron chi connectivity index (χ0n) is 9.43. The first-order valence-electron chi connectivity index (χ1n) is 4.96. The van der Waals surface area contributed by atoms with Crippen molar-refractivity contribution < 1.29 is 9.53 Å². The Balaban J connectivity index is 2.29. The summed E-state index contributed by atoms with van der Waals surface area (Å²) in [7, 11) is 1.37. The summed E-state index contributed by atoms with van der Waals surface area (Å²) in [4.78, 5) is 11.0. The first-order chi connectivity index (χ1) is 7.74. The van der Waals surface area contributed by atoms with E-state index < -0.39 is 0 Å². The molecule has 0 radical (unpaired) electrons. The maximum atomic E-state index is 11.0. The van der Waals surface area contributed by atoms with Crippen LogP contribution in [0.25, 0.3) is 0 Å². The first-order valence-corrected chi connectivity index (χ1v) is 4.96. The highest BCUT2D eigenvalue weighted by Crippen LogP contribution is 1.94. The van der Waals surface area contributed by atoms with Crippen molar-refractivity contribution in [3.8, 4) is 0 Å². The van der Waals surface area contributed by atoms with Gasteiger partial charge in [0.05, 0.1) is 12.8 Å². The molecule has 5 nitrogen and oxygen atoms in total. The molecule has 1 heterocycles. The molecule has 86 valence electrons. The predicted molar refractivity (Wildman–Crippen MR) is 59.5 cm³/mol. The lowest BCUT2D eigenvalue weighted by Crippen LogP contribution is -2.15. The van der Waals surface area contributed by atoms with Gasteiger partial charge in [-0.25, -0.2) is 4.79 Å². The molecule has 16 heavy (non-hydrogen) atoms. The van der Waals surface area contributed by atoms with E-state index in [1.165, 1.54) is 7.11 Å². The predicted octanol–water partition coefficient (Wildman–Crippen LogP) is 0.685. The van der Waals surface area contributed by atoms with E-state index in [2.05, 4.69) is 20.3 Å². The fourth-order valence-electron chi connectivity index (χ4n) is 1.10. The van der Waals surface area contributed by atoms with Gasteiger partial charge >= 0.3 is 5.97 Å². The second-order valence-electron chi connectivity index (χ2n) is 3.22. The van der Waals surface area contributed by atoms with Crippen molar-refractivity contribution in [2.75, 3.05) is 13.7 Å². The van der Waals surface area contributed by atoms with Crippen molar-refractivity contribution in [3.63, 3.8) is 0 Å². The zero-order chi connectivity index (χ0) is 11.8. The van der Waals surface area contributed by atoms with Gasteiger partial charge in [-0.3, -0.25) is 0 Å². The zero-order valence-corrected chi connectivity index (χ0v) is 9.43. The summed E-state index contributed by atoms with van der Waals surface area (Å²) in [6, 6.07) is 3.72. The Kier molecular flexibility index (Phi) is 5.15. The molecule has 0 aliphatic carbocycles. The fourth-order valence-corrected chi connectivity index (χ4v) is 1.10. The van der Waals surface area contributed by atoms with Crippen LogP contribution in [-0.4, -0.2) is 29.8 Å². The molecule has 0 aliphatic rings. The van der Waals surface area contributed by atoms with Gasteiger partial charge in [0.1, 0.15) is 0 Å². The minimum absolute atomic E-state index is 0.304. The second-order valence-corrected chi connectivity index (χ2v) is 3.22. The van der Waals surface area contributed by atoms with E-state index in [9.17, 15) is 4.79 Å². The average Bonchev–Trinajstić information content (AvgIpc) is 2.34. The molecule has 0 fully saturated rings. The molecule has 0 saturated carbocycles. The van der Waals surface area contributed by atoms with E-state index in [1.807, 2.05) is 12.1 Å². The van der Waals surface area contributed by atoms with E-state index in [0.29, 0.717) is 18.7 Å². The van der Waals surface area contributed by atoms with Crippen LogP contribution in [0.1, 0.15) is 12.6 Å². The summed E-state index contributed by atoms with van der Waals surface area (Å²) >= 11 is 0. The summed E-state index contributed by atoms with van der Waals surface area (Å²) in [5, 5.41) is 10.8. The van der Waals surface area contributed by atoms with E-state index >= 15 is 0 Å². The van der Waals surface area contributed by atoms with E-state index in [-0.39, 0.29) is 5.97 Å². The lowest BCUT2D eigenvalue weighted by atomic mass is 10.3. The number of nitrogens with one attached hydrogen (secondary N) is 1. The fraction of sp³-hybridized carbons (Fsp3) is 0.364. The summed E-state index contributed by atoms with van der Waals surface area (Å²) < 4.78 is 4.57. The van der Waals surface area contributed by atoms with E-state index in [1.54, 1.807) is 19.2 Å². The van der Waals surface area contributed by atoms with Gasteiger partial charge < -0.3 is 10.1 Å². The van der Waals surface area contributed by atoms with Gasteiger partial charge in [0.25, 0.3) is 0 Å². The van der Waals surface area contributed by atoms with E-state index in [0.717, 1.165) is 5.69 Å². The van der Waals surface area contributed by atoms with Crippen LogP contribution in [0, 0.1) is 0 Å². The molecule has 0 amide bonds. The molecule has 1 N–H and O–H groups in total. The molecule has 1 aromatic heterocycles. The molecule has 0 bridgehead atoms. The number of methoxy groups -OCH3 is 1. The Morgan fingerprint density at radius 2 is 2.44 bits per heavy atom. The van der Waals surface area contributed by atoms with Crippen LogP contribution in [0.3, 0.4) is 0 Å². The quantitative estimate of drug-likeness (QED) is 0.450. The minimum Gasteiger partial charge on any atom is -0.466 e. The van der Waals surface area contributed by atoms with Crippen LogP contribution in [0.5, 0.6) is 0 Å². The van der Waals surface area contributed by atoms with Crippen LogP contribution in [0.15, 0.2) is 30.0 Å². The van der Waals surface area contributed by atoms with Crippen molar-refractivity contribution in [2.45, 2.75) is 13.5 Å². The molecule has 0 atom stereocenters. The Morgan fingerprint density at radius 3 is 3.06 bits per heavy atom. The number of rotatable bonds is 5. The normalized spacial score (nSPS) is 11.2. The molecule has 0 saturated heterocycles. The molecule has 1 aromatic rings. The number of ether oxygens (including phenoxy) is 1. The summed E-state index contributed by atoms with van der Waals surface area (Å²) in [5.74, 6) is -0.304. The SMILES string of the molecule is COC(=O)/C(C)=C/CNCc1cccnn1. The van der Waals surface area contributed by atoms with Crippen molar-refractivity contribution >= 4 is 5.97 Å². The number of hydrogen-bond donors (Lipinski definition) is 1. The highest BCUT2D eigenvalue weighted by atomic mass is 16.5. The van der Waals surface area contributed by atoms with Gasteiger partial charge in [-0.1, -0.05) is 6.08 Å².